The van der Waals surface area contributed by atoms with Crippen molar-refractivity contribution in [3.05, 3.63) is 24.6 Å². The molecule has 1 aliphatic heterocycles. The van der Waals surface area contributed by atoms with Crippen molar-refractivity contribution in [2.45, 2.75) is 77.3 Å². The number of nitrogens with zero attached hydrogens (tertiary/aromatic N) is 1. The number of allylic oxidation sites excluding steroid dienone is 2. The smallest absolute Gasteiger partial charge is 0.0981 e. The lowest BCUT2D eigenvalue weighted by atomic mass is 10.1. The lowest BCUT2D eigenvalue weighted by Crippen LogP contribution is -2.37. The van der Waals surface area contributed by atoms with Crippen LogP contribution in [0.25, 0.3) is 0 Å². The molecule has 1 rings (SSSR count). The molecular formula is C18H35N3. The summed E-state index contributed by atoms with van der Waals surface area (Å²) in [7, 11) is 0. The van der Waals surface area contributed by atoms with Crippen LogP contribution in [0.1, 0.15) is 71.1 Å². The fraction of sp³-hybridized carbons (Fsp3) is 0.778. The van der Waals surface area contributed by atoms with Gasteiger partial charge < -0.3 is 16.0 Å². The molecule has 0 saturated carbocycles. The number of rotatable bonds is 13. The molecule has 0 amide bonds. The molecule has 1 heterocycles. The highest BCUT2D eigenvalue weighted by atomic mass is 15.3. The van der Waals surface area contributed by atoms with Crippen molar-refractivity contribution in [3.63, 3.8) is 0 Å². The molecule has 0 aromatic carbocycles. The van der Waals surface area contributed by atoms with E-state index < -0.39 is 0 Å². The third-order valence-electron chi connectivity index (χ3n) is 4.08. The Bertz CT molecular complexity index is 286. The molecule has 1 aliphatic rings. The first-order valence-electron chi connectivity index (χ1n) is 8.92. The molecule has 3 N–H and O–H groups in total. The topological polar surface area (TPSA) is 41.3 Å². The van der Waals surface area contributed by atoms with Gasteiger partial charge in [0.25, 0.3) is 0 Å². The maximum atomic E-state index is 5.62. The van der Waals surface area contributed by atoms with Gasteiger partial charge >= 0.3 is 0 Å². The Morgan fingerprint density at radius 1 is 1.05 bits per heavy atom. The molecular weight excluding hydrogens is 258 g/mol. The van der Waals surface area contributed by atoms with Crippen LogP contribution in [0, 0.1) is 0 Å². The fourth-order valence-electron chi connectivity index (χ4n) is 2.78. The van der Waals surface area contributed by atoms with Crippen molar-refractivity contribution in [1.29, 1.82) is 0 Å². The van der Waals surface area contributed by atoms with E-state index in [4.69, 9.17) is 5.73 Å². The van der Waals surface area contributed by atoms with Gasteiger partial charge in [0.2, 0.25) is 0 Å². The number of nitrogens with two attached hydrogens (primary N) is 1. The van der Waals surface area contributed by atoms with Crippen molar-refractivity contribution in [1.82, 2.24) is 10.2 Å². The average Bonchev–Trinajstić information content (AvgIpc) is 2.92. The molecule has 3 heteroatoms. The van der Waals surface area contributed by atoms with Crippen molar-refractivity contribution in [3.8, 4) is 0 Å². The number of hydrogen-bond donors (Lipinski definition) is 2. The predicted molar refractivity (Wildman–Crippen MR) is 92.8 cm³/mol. The zero-order chi connectivity index (χ0) is 15.2. The van der Waals surface area contributed by atoms with Gasteiger partial charge in [0, 0.05) is 25.5 Å². The van der Waals surface area contributed by atoms with E-state index in [9.17, 15) is 0 Å². The lowest BCUT2D eigenvalue weighted by Gasteiger charge is -2.24. The normalized spacial score (nSPS) is 17.8. The lowest BCUT2D eigenvalue weighted by molar-refractivity contribution is 0.264. The number of hydrogen-bond acceptors (Lipinski definition) is 3. The molecule has 0 saturated heterocycles. The van der Waals surface area contributed by atoms with Crippen LogP contribution in [0.2, 0.25) is 0 Å². The van der Waals surface area contributed by atoms with Crippen LogP contribution < -0.4 is 11.1 Å². The first kappa shape index (κ1) is 18.1. The Labute approximate surface area is 131 Å². The summed E-state index contributed by atoms with van der Waals surface area (Å²) in [6.07, 6.45) is 22.5. The molecule has 0 fully saturated rings. The molecule has 21 heavy (non-hydrogen) atoms. The maximum Gasteiger partial charge on any atom is 0.0981 e. The summed E-state index contributed by atoms with van der Waals surface area (Å²) in [5.41, 5.74) is 5.62. The Kier molecular flexibility index (Phi) is 11.0. The summed E-state index contributed by atoms with van der Waals surface area (Å²) in [4.78, 5) is 2.32. The zero-order valence-electron chi connectivity index (χ0n) is 13.9. The van der Waals surface area contributed by atoms with Crippen LogP contribution in [0.15, 0.2) is 24.6 Å². The molecule has 0 spiro atoms. The Hall–Kier alpha value is -0.960. The second kappa shape index (κ2) is 12.8. The van der Waals surface area contributed by atoms with Crippen LogP contribution in [-0.2, 0) is 0 Å². The van der Waals surface area contributed by atoms with Crippen molar-refractivity contribution in [2.75, 3.05) is 13.1 Å². The summed E-state index contributed by atoms with van der Waals surface area (Å²) in [6, 6.07) is 0. The zero-order valence-corrected chi connectivity index (χ0v) is 13.9. The largest absolute Gasteiger partial charge is 0.370 e. The highest BCUT2D eigenvalue weighted by molar-refractivity contribution is 4.94. The molecule has 3 nitrogen and oxygen atoms in total. The van der Waals surface area contributed by atoms with Gasteiger partial charge in [-0.15, -0.1) is 0 Å². The van der Waals surface area contributed by atoms with Crippen LogP contribution >= 0.6 is 0 Å². The summed E-state index contributed by atoms with van der Waals surface area (Å²) >= 11 is 0. The first-order chi connectivity index (χ1) is 10.4. The van der Waals surface area contributed by atoms with Crippen LogP contribution in [0.3, 0.4) is 0 Å². The summed E-state index contributed by atoms with van der Waals surface area (Å²) in [6.45, 7) is 3.95. The molecule has 0 bridgehead atoms. The molecule has 122 valence electrons. The van der Waals surface area contributed by atoms with E-state index in [1.807, 2.05) is 6.20 Å². The Morgan fingerprint density at radius 2 is 1.76 bits per heavy atom. The maximum absolute atomic E-state index is 5.62. The predicted octanol–water partition coefficient (Wildman–Crippen LogP) is 4.12. The van der Waals surface area contributed by atoms with E-state index in [-0.39, 0.29) is 0 Å². The van der Waals surface area contributed by atoms with Crippen LogP contribution in [0.4, 0.5) is 0 Å². The third kappa shape index (κ3) is 8.82. The summed E-state index contributed by atoms with van der Waals surface area (Å²) < 4.78 is 0. The van der Waals surface area contributed by atoms with E-state index in [1.165, 1.54) is 64.2 Å². The van der Waals surface area contributed by atoms with Gasteiger partial charge in [-0.2, -0.15) is 0 Å². The third-order valence-corrected chi connectivity index (χ3v) is 4.08. The van der Waals surface area contributed by atoms with E-state index in [1.54, 1.807) is 0 Å². The van der Waals surface area contributed by atoms with Gasteiger partial charge in [-0.05, 0) is 38.5 Å². The van der Waals surface area contributed by atoms with E-state index in [0.29, 0.717) is 6.17 Å². The average molecular weight is 293 g/mol. The molecule has 0 aromatic heterocycles. The van der Waals surface area contributed by atoms with Gasteiger partial charge in [0.1, 0.15) is 0 Å². The second-order valence-corrected chi connectivity index (χ2v) is 5.98. The number of unbranched alkanes of at least 4 members (excludes halogenated alkanes) is 7. The van der Waals surface area contributed by atoms with Gasteiger partial charge in [0.15, 0.2) is 0 Å². The van der Waals surface area contributed by atoms with E-state index in [2.05, 4.69) is 35.5 Å². The SMILES string of the molecule is CCCCCC/C=C/CCCCCC1NC=CN1CCN. The minimum atomic E-state index is 0.475. The number of nitrogens with one attached hydrogen (secondary N) is 1. The van der Waals surface area contributed by atoms with Gasteiger partial charge in [-0.3, -0.25) is 0 Å². The molecule has 0 aliphatic carbocycles. The minimum absolute atomic E-state index is 0.475. The second-order valence-electron chi connectivity index (χ2n) is 5.98. The van der Waals surface area contributed by atoms with Crippen LogP contribution in [-0.4, -0.2) is 24.2 Å². The van der Waals surface area contributed by atoms with Gasteiger partial charge in [-0.1, -0.05) is 44.8 Å². The molecule has 1 atom stereocenters. The molecule has 0 aromatic rings. The van der Waals surface area contributed by atoms with E-state index in [0.717, 1.165) is 13.1 Å². The monoisotopic (exact) mass is 293 g/mol. The van der Waals surface area contributed by atoms with Crippen molar-refractivity contribution in [2.24, 2.45) is 5.73 Å². The highest BCUT2D eigenvalue weighted by Crippen LogP contribution is 2.13. The Balaban J connectivity index is 1.89. The molecule has 1 unspecified atom stereocenters. The van der Waals surface area contributed by atoms with Gasteiger partial charge in [0.05, 0.1) is 6.17 Å². The Morgan fingerprint density at radius 3 is 2.43 bits per heavy atom. The minimum Gasteiger partial charge on any atom is -0.370 e. The molecule has 0 radical (unpaired) electrons. The summed E-state index contributed by atoms with van der Waals surface area (Å²) in [5, 5.41) is 3.40. The fourth-order valence-corrected chi connectivity index (χ4v) is 2.78. The van der Waals surface area contributed by atoms with Crippen LogP contribution in [0.5, 0.6) is 0 Å². The quantitative estimate of drug-likeness (QED) is 0.396. The standard InChI is InChI=1S/C18H35N3/c1-2-3-4-5-6-7-8-9-10-11-12-13-18-20-15-17-21(18)16-14-19/h7-8,15,17-18,20H,2-6,9-14,16,19H2,1H3/b8-7+. The highest BCUT2D eigenvalue weighted by Gasteiger charge is 2.16. The van der Waals surface area contributed by atoms with Gasteiger partial charge in [-0.25, -0.2) is 0 Å². The van der Waals surface area contributed by atoms with Crippen molar-refractivity contribution >= 4 is 0 Å². The van der Waals surface area contributed by atoms with Crippen molar-refractivity contribution < 1.29 is 0 Å². The summed E-state index contributed by atoms with van der Waals surface area (Å²) in [5.74, 6) is 0. The first-order valence-corrected chi connectivity index (χ1v) is 8.92. The van der Waals surface area contributed by atoms with E-state index >= 15 is 0 Å².